The SMILES string of the molecule is CC(C)/C(=C/c1cccnc1)CO. The number of nitrogens with zero attached hydrogens (tertiary/aromatic N) is 1. The minimum Gasteiger partial charge on any atom is -0.392 e. The Kier molecular flexibility index (Phi) is 3.65. The summed E-state index contributed by atoms with van der Waals surface area (Å²) >= 11 is 0. The van der Waals surface area contributed by atoms with Gasteiger partial charge in [0.2, 0.25) is 0 Å². The van der Waals surface area contributed by atoms with Crippen LogP contribution in [0.3, 0.4) is 0 Å². The second kappa shape index (κ2) is 4.77. The lowest BCUT2D eigenvalue weighted by Crippen LogP contribution is -1.98. The number of hydrogen-bond acceptors (Lipinski definition) is 2. The molecule has 0 aliphatic carbocycles. The highest BCUT2D eigenvalue weighted by molar-refractivity contribution is 5.52. The summed E-state index contributed by atoms with van der Waals surface area (Å²) in [6, 6.07) is 3.87. The van der Waals surface area contributed by atoms with Crippen LogP contribution in [0.15, 0.2) is 30.1 Å². The highest BCUT2D eigenvalue weighted by Gasteiger charge is 2.00. The van der Waals surface area contributed by atoms with Crippen LogP contribution in [-0.2, 0) is 0 Å². The maximum atomic E-state index is 9.07. The van der Waals surface area contributed by atoms with Gasteiger partial charge in [-0.15, -0.1) is 0 Å². The first-order valence-electron chi connectivity index (χ1n) is 4.45. The topological polar surface area (TPSA) is 33.1 Å². The normalized spacial score (nSPS) is 12.2. The van der Waals surface area contributed by atoms with Gasteiger partial charge in [-0.05, 0) is 23.1 Å². The van der Waals surface area contributed by atoms with E-state index in [1.54, 1.807) is 12.4 Å². The molecule has 0 aromatic carbocycles. The Morgan fingerprint density at radius 2 is 2.38 bits per heavy atom. The van der Waals surface area contributed by atoms with Crippen LogP contribution in [0.4, 0.5) is 0 Å². The van der Waals surface area contributed by atoms with Crippen LogP contribution in [0, 0.1) is 5.92 Å². The summed E-state index contributed by atoms with van der Waals surface area (Å²) in [5.41, 5.74) is 2.08. The highest BCUT2D eigenvalue weighted by atomic mass is 16.3. The van der Waals surface area contributed by atoms with Gasteiger partial charge in [-0.3, -0.25) is 4.98 Å². The maximum Gasteiger partial charge on any atom is 0.0647 e. The van der Waals surface area contributed by atoms with E-state index in [4.69, 9.17) is 5.11 Å². The molecule has 0 aliphatic heterocycles. The van der Waals surface area contributed by atoms with Gasteiger partial charge in [0.25, 0.3) is 0 Å². The molecule has 0 spiro atoms. The van der Waals surface area contributed by atoms with Gasteiger partial charge in [0.05, 0.1) is 6.61 Å². The van der Waals surface area contributed by atoms with Crippen molar-refractivity contribution in [1.82, 2.24) is 4.98 Å². The minimum atomic E-state index is 0.118. The molecule has 1 rings (SSSR count). The Hall–Kier alpha value is -1.15. The Morgan fingerprint density at radius 1 is 1.62 bits per heavy atom. The summed E-state index contributed by atoms with van der Waals surface area (Å²) in [7, 11) is 0. The third kappa shape index (κ3) is 2.99. The third-order valence-electron chi connectivity index (χ3n) is 1.96. The van der Waals surface area contributed by atoms with Gasteiger partial charge in [-0.1, -0.05) is 26.0 Å². The van der Waals surface area contributed by atoms with E-state index in [0.717, 1.165) is 11.1 Å². The average Bonchev–Trinajstić information content (AvgIpc) is 2.15. The molecular formula is C11H15NO. The molecule has 0 saturated carbocycles. The van der Waals surface area contributed by atoms with Crippen LogP contribution in [0.25, 0.3) is 6.08 Å². The zero-order valence-corrected chi connectivity index (χ0v) is 8.07. The Bertz CT molecular complexity index is 277. The third-order valence-corrected chi connectivity index (χ3v) is 1.96. The van der Waals surface area contributed by atoms with E-state index >= 15 is 0 Å². The lowest BCUT2D eigenvalue weighted by Gasteiger charge is -2.07. The molecule has 0 amide bonds. The fraction of sp³-hybridized carbons (Fsp3) is 0.364. The van der Waals surface area contributed by atoms with Crippen LogP contribution >= 0.6 is 0 Å². The fourth-order valence-corrected chi connectivity index (χ4v) is 1.07. The molecular weight excluding hydrogens is 162 g/mol. The lowest BCUT2D eigenvalue weighted by atomic mass is 10.0. The van der Waals surface area contributed by atoms with Crippen molar-refractivity contribution < 1.29 is 5.11 Å². The van der Waals surface area contributed by atoms with Gasteiger partial charge in [0.15, 0.2) is 0 Å². The van der Waals surface area contributed by atoms with E-state index in [1.807, 2.05) is 18.2 Å². The number of pyridine rings is 1. The van der Waals surface area contributed by atoms with Crippen molar-refractivity contribution in [2.75, 3.05) is 6.61 Å². The molecule has 1 N–H and O–H groups in total. The highest BCUT2D eigenvalue weighted by Crippen LogP contribution is 2.12. The predicted octanol–water partition coefficient (Wildman–Crippen LogP) is 2.11. The monoisotopic (exact) mass is 177 g/mol. The van der Waals surface area contributed by atoms with Gasteiger partial charge >= 0.3 is 0 Å². The minimum absolute atomic E-state index is 0.118. The van der Waals surface area contributed by atoms with Gasteiger partial charge in [0.1, 0.15) is 0 Å². The summed E-state index contributed by atoms with van der Waals surface area (Å²) < 4.78 is 0. The van der Waals surface area contributed by atoms with Gasteiger partial charge in [-0.2, -0.15) is 0 Å². The maximum absolute atomic E-state index is 9.07. The second-order valence-corrected chi connectivity index (χ2v) is 3.32. The van der Waals surface area contributed by atoms with Crippen LogP contribution in [0.2, 0.25) is 0 Å². The van der Waals surface area contributed by atoms with Gasteiger partial charge in [0, 0.05) is 12.4 Å². The zero-order valence-electron chi connectivity index (χ0n) is 8.07. The predicted molar refractivity (Wildman–Crippen MR) is 54.1 cm³/mol. The molecule has 1 heterocycles. The molecule has 0 aliphatic rings. The lowest BCUT2D eigenvalue weighted by molar-refractivity contribution is 0.320. The second-order valence-electron chi connectivity index (χ2n) is 3.32. The summed E-state index contributed by atoms with van der Waals surface area (Å²) in [6.07, 6.45) is 5.51. The fourth-order valence-electron chi connectivity index (χ4n) is 1.07. The molecule has 0 atom stereocenters. The van der Waals surface area contributed by atoms with Crippen molar-refractivity contribution in [1.29, 1.82) is 0 Å². The zero-order chi connectivity index (χ0) is 9.68. The molecule has 2 nitrogen and oxygen atoms in total. The molecule has 1 aromatic rings. The van der Waals surface area contributed by atoms with Crippen LogP contribution < -0.4 is 0 Å². The number of hydrogen-bond donors (Lipinski definition) is 1. The van der Waals surface area contributed by atoms with Crippen molar-refractivity contribution in [3.05, 3.63) is 35.7 Å². The number of aliphatic hydroxyl groups excluding tert-OH is 1. The van der Waals surface area contributed by atoms with Gasteiger partial charge < -0.3 is 5.11 Å². The smallest absolute Gasteiger partial charge is 0.0647 e. The van der Waals surface area contributed by atoms with E-state index in [2.05, 4.69) is 18.8 Å². The van der Waals surface area contributed by atoms with E-state index in [0.29, 0.717) is 5.92 Å². The van der Waals surface area contributed by atoms with E-state index in [1.165, 1.54) is 0 Å². The first kappa shape index (κ1) is 9.93. The summed E-state index contributed by atoms with van der Waals surface area (Å²) in [4.78, 5) is 4.01. The molecule has 1 aromatic heterocycles. The van der Waals surface area contributed by atoms with Crippen molar-refractivity contribution >= 4 is 6.08 Å². The largest absolute Gasteiger partial charge is 0.392 e. The Morgan fingerprint density at radius 3 is 2.85 bits per heavy atom. The number of aliphatic hydroxyl groups is 1. The molecule has 13 heavy (non-hydrogen) atoms. The van der Waals surface area contributed by atoms with Crippen LogP contribution in [0.5, 0.6) is 0 Å². The summed E-state index contributed by atoms with van der Waals surface area (Å²) in [5.74, 6) is 0.380. The molecule has 0 fully saturated rings. The van der Waals surface area contributed by atoms with Crippen molar-refractivity contribution in [3.8, 4) is 0 Å². The molecule has 0 bridgehead atoms. The molecule has 70 valence electrons. The summed E-state index contributed by atoms with van der Waals surface area (Å²) in [6.45, 7) is 4.25. The van der Waals surface area contributed by atoms with Crippen LogP contribution in [-0.4, -0.2) is 16.7 Å². The van der Waals surface area contributed by atoms with E-state index < -0.39 is 0 Å². The van der Waals surface area contributed by atoms with Crippen molar-refractivity contribution in [2.24, 2.45) is 5.92 Å². The average molecular weight is 177 g/mol. The quantitative estimate of drug-likeness (QED) is 0.767. The van der Waals surface area contributed by atoms with Crippen molar-refractivity contribution in [2.45, 2.75) is 13.8 Å². The first-order valence-corrected chi connectivity index (χ1v) is 4.45. The van der Waals surface area contributed by atoms with Crippen molar-refractivity contribution in [3.63, 3.8) is 0 Å². The standard InChI is InChI=1S/C11H15NO/c1-9(2)11(8-13)6-10-4-3-5-12-7-10/h3-7,9,13H,8H2,1-2H3/b11-6+. The molecule has 0 radical (unpaired) electrons. The molecule has 0 saturated heterocycles. The Balaban J connectivity index is 2.85. The number of rotatable bonds is 3. The van der Waals surface area contributed by atoms with Gasteiger partial charge in [-0.25, -0.2) is 0 Å². The van der Waals surface area contributed by atoms with Crippen LogP contribution in [0.1, 0.15) is 19.4 Å². The van der Waals surface area contributed by atoms with E-state index in [9.17, 15) is 0 Å². The number of aromatic nitrogens is 1. The van der Waals surface area contributed by atoms with E-state index in [-0.39, 0.29) is 6.61 Å². The summed E-state index contributed by atoms with van der Waals surface area (Å²) in [5, 5.41) is 9.07. The molecule has 2 heteroatoms. The first-order chi connectivity index (χ1) is 6.24. The Labute approximate surface area is 78.9 Å². The molecule has 0 unspecified atom stereocenters.